The lowest BCUT2D eigenvalue weighted by molar-refractivity contribution is -0.119. The molecule has 0 aliphatic carbocycles. The number of hydrogen-bond acceptors (Lipinski definition) is 3. The average Bonchev–Trinajstić information content (AvgIpc) is 2.17. The number of nitrogens with zero attached hydrogens (tertiary/aromatic N) is 1. The molecule has 1 aromatic rings. The number of amides is 1. The van der Waals surface area contributed by atoms with Gasteiger partial charge < -0.3 is 5.73 Å². The fourth-order valence-corrected chi connectivity index (χ4v) is 0.935. The summed E-state index contributed by atoms with van der Waals surface area (Å²) in [7, 11) is 0. The molecule has 0 unspecified atom stereocenters. The van der Waals surface area contributed by atoms with Gasteiger partial charge >= 0.3 is 0 Å². The maximum atomic E-state index is 11.3. The van der Waals surface area contributed by atoms with Crippen LogP contribution >= 0.6 is 34.0 Å². The third-order valence-corrected chi connectivity index (χ3v) is 1.66. The highest BCUT2D eigenvalue weighted by Crippen LogP contribution is 2.09. The van der Waals surface area contributed by atoms with E-state index in [4.69, 9.17) is 11.6 Å². The molecule has 0 heterocycles. The summed E-state index contributed by atoms with van der Waals surface area (Å²) in [5.74, 6) is 5.24. The molecule has 15 heavy (non-hydrogen) atoms. The van der Waals surface area contributed by atoms with Gasteiger partial charge in [-0.15, -0.1) is 34.0 Å². The van der Waals surface area contributed by atoms with Crippen LogP contribution in [0.3, 0.4) is 0 Å². The summed E-state index contributed by atoms with van der Waals surface area (Å²) in [6, 6.07) is 8.40. The average molecular weight is 341 g/mol. The minimum Gasteiger partial charge on any atom is -0.320 e. The van der Waals surface area contributed by atoms with Crippen molar-refractivity contribution in [1.82, 2.24) is 0 Å². The number of nitrogens with two attached hydrogens (primary N) is 2. The minimum absolute atomic E-state index is 0. The van der Waals surface area contributed by atoms with E-state index in [1.807, 2.05) is 18.2 Å². The van der Waals surface area contributed by atoms with Gasteiger partial charge in [-0.1, -0.05) is 18.2 Å². The van der Waals surface area contributed by atoms with Gasteiger partial charge in [0, 0.05) is 0 Å². The lowest BCUT2D eigenvalue weighted by atomic mass is 10.2. The van der Waals surface area contributed by atoms with Crippen molar-refractivity contribution >= 4 is 45.6 Å². The van der Waals surface area contributed by atoms with E-state index in [0.717, 1.165) is 5.01 Å². The number of hydrazine groups is 1. The molecule has 0 aliphatic heterocycles. The Bertz CT molecular complexity index is 293. The molecule has 0 aromatic heterocycles. The monoisotopic (exact) mass is 339 g/mol. The molecule has 0 saturated heterocycles. The number of benzene rings is 1. The minimum atomic E-state index is -0.579. The highest BCUT2D eigenvalue weighted by atomic mass is 79.9. The zero-order valence-corrected chi connectivity index (χ0v) is 11.7. The number of para-hydroxylation sites is 1. The van der Waals surface area contributed by atoms with Crippen molar-refractivity contribution in [3.05, 3.63) is 30.3 Å². The van der Waals surface area contributed by atoms with Gasteiger partial charge in [0.15, 0.2) is 0 Å². The van der Waals surface area contributed by atoms with Crippen LogP contribution in [0.4, 0.5) is 5.69 Å². The van der Waals surface area contributed by atoms with E-state index in [1.54, 1.807) is 19.1 Å². The van der Waals surface area contributed by atoms with Crippen LogP contribution in [-0.4, -0.2) is 11.9 Å². The summed E-state index contributed by atoms with van der Waals surface area (Å²) < 4.78 is 0. The van der Waals surface area contributed by atoms with Crippen LogP contribution in [0, 0.1) is 0 Å². The number of rotatable bonds is 2. The molecule has 0 saturated carbocycles. The molecular formula is C9H15Br2N3O. The Hall–Kier alpha value is -0.430. The van der Waals surface area contributed by atoms with Crippen LogP contribution in [0.2, 0.25) is 0 Å². The summed E-state index contributed by atoms with van der Waals surface area (Å²) in [4.78, 5) is 11.3. The summed E-state index contributed by atoms with van der Waals surface area (Å²) in [5, 5.41) is 1.06. The molecule has 0 radical (unpaired) electrons. The van der Waals surface area contributed by atoms with Gasteiger partial charge in [-0.2, -0.15) is 0 Å². The van der Waals surface area contributed by atoms with E-state index in [9.17, 15) is 4.79 Å². The highest BCUT2D eigenvalue weighted by molar-refractivity contribution is 8.93. The molecule has 1 amide bonds. The van der Waals surface area contributed by atoms with Gasteiger partial charge in [0.1, 0.15) is 0 Å². The van der Waals surface area contributed by atoms with Crippen LogP contribution in [-0.2, 0) is 4.79 Å². The number of hydrogen-bond donors (Lipinski definition) is 2. The molecule has 0 aliphatic rings. The second-order valence-electron chi connectivity index (χ2n) is 2.83. The number of halogens is 2. The predicted molar refractivity (Wildman–Crippen MR) is 72.4 cm³/mol. The normalized spacial score (nSPS) is 10.6. The van der Waals surface area contributed by atoms with E-state index < -0.39 is 6.04 Å². The van der Waals surface area contributed by atoms with Crippen molar-refractivity contribution < 1.29 is 4.79 Å². The Morgan fingerprint density at radius 2 is 1.73 bits per heavy atom. The maximum absolute atomic E-state index is 11.3. The molecular weight excluding hydrogens is 326 g/mol. The zero-order chi connectivity index (χ0) is 9.84. The number of anilines is 1. The Labute approximate surface area is 110 Å². The third-order valence-electron chi connectivity index (χ3n) is 1.66. The van der Waals surface area contributed by atoms with Crippen LogP contribution in [0.1, 0.15) is 6.92 Å². The zero-order valence-electron chi connectivity index (χ0n) is 8.29. The SMILES string of the molecule is Br.Br.C[C@H](N)C(=O)N(N)c1ccccc1. The topological polar surface area (TPSA) is 72.4 Å². The van der Waals surface area contributed by atoms with Crippen molar-refractivity contribution in [2.24, 2.45) is 11.6 Å². The van der Waals surface area contributed by atoms with E-state index in [2.05, 4.69) is 0 Å². The molecule has 4 N–H and O–H groups in total. The predicted octanol–water partition coefficient (Wildman–Crippen LogP) is 1.40. The first-order chi connectivity index (χ1) is 6.13. The molecule has 1 atom stereocenters. The second kappa shape index (κ2) is 7.81. The smallest absolute Gasteiger partial charge is 0.257 e. The lowest BCUT2D eigenvalue weighted by Gasteiger charge is -2.18. The molecule has 1 rings (SSSR count). The van der Waals surface area contributed by atoms with Crippen molar-refractivity contribution in [1.29, 1.82) is 0 Å². The largest absolute Gasteiger partial charge is 0.320 e. The number of carbonyl (C=O) groups excluding carboxylic acids is 1. The molecule has 1 aromatic carbocycles. The van der Waals surface area contributed by atoms with Crippen molar-refractivity contribution in [2.75, 3.05) is 5.01 Å². The van der Waals surface area contributed by atoms with E-state index in [1.165, 1.54) is 0 Å². The summed E-state index contributed by atoms with van der Waals surface area (Å²) in [6.07, 6.45) is 0. The van der Waals surface area contributed by atoms with Gasteiger partial charge in [0.25, 0.3) is 5.91 Å². The molecule has 0 spiro atoms. The molecule has 6 heteroatoms. The van der Waals surface area contributed by atoms with Crippen LogP contribution < -0.4 is 16.6 Å². The number of carbonyl (C=O) groups is 1. The van der Waals surface area contributed by atoms with Crippen LogP contribution in [0.15, 0.2) is 30.3 Å². The van der Waals surface area contributed by atoms with Gasteiger partial charge in [-0.05, 0) is 19.1 Å². The van der Waals surface area contributed by atoms with Gasteiger partial charge in [0.2, 0.25) is 0 Å². The fourth-order valence-electron chi connectivity index (χ4n) is 0.935. The molecule has 4 nitrogen and oxygen atoms in total. The third kappa shape index (κ3) is 4.74. The van der Waals surface area contributed by atoms with E-state index >= 15 is 0 Å². The first-order valence-electron chi connectivity index (χ1n) is 4.02. The van der Waals surface area contributed by atoms with Gasteiger partial charge in [-0.25, -0.2) is 10.9 Å². The summed E-state index contributed by atoms with van der Waals surface area (Å²) in [6.45, 7) is 1.60. The first kappa shape index (κ1) is 17.0. The molecule has 0 bridgehead atoms. The fraction of sp³-hybridized carbons (Fsp3) is 0.222. The molecule has 0 fully saturated rings. The standard InChI is InChI=1S/C9H13N3O.2BrH/c1-7(10)9(13)12(11)8-5-3-2-4-6-8;;/h2-7H,10-11H2,1H3;2*1H/t7-;;/m0../s1. The maximum Gasteiger partial charge on any atom is 0.257 e. The van der Waals surface area contributed by atoms with E-state index in [-0.39, 0.29) is 39.9 Å². The first-order valence-corrected chi connectivity index (χ1v) is 4.02. The Balaban J connectivity index is 0. The van der Waals surface area contributed by atoms with Crippen molar-refractivity contribution in [2.45, 2.75) is 13.0 Å². The lowest BCUT2D eigenvalue weighted by Crippen LogP contribution is -2.46. The van der Waals surface area contributed by atoms with E-state index in [0.29, 0.717) is 5.69 Å². The summed E-state index contributed by atoms with van der Waals surface area (Å²) >= 11 is 0. The van der Waals surface area contributed by atoms with Crippen molar-refractivity contribution in [3.63, 3.8) is 0 Å². The Morgan fingerprint density at radius 3 is 2.13 bits per heavy atom. The highest BCUT2D eigenvalue weighted by Gasteiger charge is 2.14. The van der Waals surface area contributed by atoms with Crippen molar-refractivity contribution in [3.8, 4) is 0 Å². The quantitative estimate of drug-likeness (QED) is 0.485. The Kier molecular flexibility index (Phi) is 8.84. The van der Waals surface area contributed by atoms with Crippen LogP contribution in [0.25, 0.3) is 0 Å². The van der Waals surface area contributed by atoms with Gasteiger partial charge in [0.05, 0.1) is 11.7 Å². The van der Waals surface area contributed by atoms with Gasteiger partial charge in [-0.3, -0.25) is 4.79 Å². The summed E-state index contributed by atoms with van der Waals surface area (Å²) in [5.41, 5.74) is 6.05. The molecule has 86 valence electrons. The Morgan fingerprint density at radius 1 is 1.27 bits per heavy atom. The van der Waals surface area contributed by atoms with Crippen LogP contribution in [0.5, 0.6) is 0 Å². The second-order valence-corrected chi connectivity index (χ2v) is 2.83.